The van der Waals surface area contributed by atoms with E-state index >= 15 is 0 Å². The van der Waals surface area contributed by atoms with Crippen LogP contribution in [-0.4, -0.2) is 32.6 Å². The first-order valence-corrected chi connectivity index (χ1v) is 14.1. The minimum absolute atomic E-state index is 0.161. The van der Waals surface area contributed by atoms with E-state index in [2.05, 4.69) is 6.92 Å². The van der Waals surface area contributed by atoms with Crippen molar-refractivity contribution in [1.82, 2.24) is 0 Å². The molecule has 3 aromatic rings. The normalized spacial score (nSPS) is 17.8. The number of hydrogen-bond donors (Lipinski definition) is 0. The summed E-state index contributed by atoms with van der Waals surface area (Å²) in [4.78, 5) is 13.5. The van der Waals surface area contributed by atoms with Gasteiger partial charge in [-0.3, -0.25) is 0 Å². The first-order chi connectivity index (χ1) is 19.6. The maximum absolute atomic E-state index is 13.5. The fourth-order valence-corrected chi connectivity index (χ4v) is 5.53. The van der Waals surface area contributed by atoms with Crippen molar-refractivity contribution in [2.24, 2.45) is 0 Å². The summed E-state index contributed by atoms with van der Waals surface area (Å²) < 4.78 is 35.3. The van der Waals surface area contributed by atoms with Crippen LogP contribution in [-0.2, 0) is 9.53 Å². The van der Waals surface area contributed by atoms with Crippen LogP contribution in [0.25, 0.3) is 5.57 Å². The van der Waals surface area contributed by atoms with Crippen LogP contribution in [0, 0.1) is 0 Å². The molecule has 1 aliphatic carbocycles. The minimum atomic E-state index is -0.687. The second-order valence-corrected chi connectivity index (χ2v) is 10.3. The Kier molecular flexibility index (Phi) is 7.53. The third-order valence-electron chi connectivity index (χ3n) is 7.62. The Morgan fingerprint density at radius 2 is 1.65 bits per heavy atom. The van der Waals surface area contributed by atoms with Crippen LogP contribution >= 0.6 is 0 Å². The molecular formula is C33H34O7. The highest BCUT2D eigenvalue weighted by Crippen LogP contribution is 2.48. The van der Waals surface area contributed by atoms with Gasteiger partial charge in [0.05, 0.1) is 25.4 Å². The predicted octanol–water partition coefficient (Wildman–Crippen LogP) is 7.02. The van der Waals surface area contributed by atoms with Crippen LogP contribution in [0.4, 0.5) is 0 Å². The maximum atomic E-state index is 13.5. The van der Waals surface area contributed by atoms with Crippen molar-refractivity contribution >= 4 is 11.5 Å². The molecule has 0 radical (unpaired) electrons. The topological polar surface area (TPSA) is 72.5 Å². The number of benzene rings is 3. The van der Waals surface area contributed by atoms with E-state index < -0.39 is 12.1 Å². The summed E-state index contributed by atoms with van der Waals surface area (Å²) in [6.07, 6.45) is 6.15. The SMILES string of the molecule is CCCCOc1ccc2c(c1)C(c1ccc3c(c1)OCO3)=C(C(=O)OC)C(c1ccc(OC3CCCC3)cc1)O2. The molecule has 1 unspecified atom stereocenters. The average molecular weight is 543 g/mol. The van der Waals surface area contributed by atoms with Crippen molar-refractivity contribution in [3.8, 4) is 28.7 Å². The maximum Gasteiger partial charge on any atom is 0.338 e. The molecular weight excluding hydrogens is 508 g/mol. The van der Waals surface area contributed by atoms with E-state index in [9.17, 15) is 4.79 Å². The van der Waals surface area contributed by atoms with Crippen molar-refractivity contribution in [1.29, 1.82) is 0 Å². The first kappa shape index (κ1) is 26.1. The lowest BCUT2D eigenvalue weighted by atomic mass is 9.85. The summed E-state index contributed by atoms with van der Waals surface area (Å²) in [5, 5.41) is 0. The molecule has 0 aromatic heterocycles. The van der Waals surface area contributed by atoms with Gasteiger partial charge in [-0.05, 0) is 85.7 Å². The highest BCUT2D eigenvalue weighted by Gasteiger charge is 2.36. The van der Waals surface area contributed by atoms with E-state index in [0.717, 1.165) is 48.1 Å². The molecule has 40 heavy (non-hydrogen) atoms. The van der Waals surface area contributed by atoms with E-state index in [1.165, 1.54) is 20.0 Å². The van der Waals surface area contributed by atoms with Gasteiger partial charge in [0.2, 0.25) is 6.79 Å². The lowest BCUT2D eigenvalue weighted by Crippen LogP contribution is -2.24. The van der Waals surface area contributed by atoms with Crippen LogP contribution in [0.15, 0.2) is 66.2 Å². The molecule has 0 saturated heterocycles. The summed E-state index contributed by atoms with van der Waals surface area (Å²) in [6.45, 7) is 2.90. The molecule has 0 N–H and O–H groups in total. The molecule has 1 fully saturated rings. The number of esters is 1. The van der Waals surface area contributed by atoms with Gasteiger partial charge in [0.15, 0.2) is 17.6 Å². The molecule has 0 bridgehead atoms. The van der Waals surface area contributed by atoms with Crippen molar-refractivity contribution in [3.63, 3.8) is 0 Å². The standard InChI is InChI=1S/C33H34O7/c1-3-4-17-36-25-14-16-27-26(19-25)30(22-11-15-28-29(18-22)38-20-37-28)31(33(34)35-2)32(40-27)21-9-12-24(13-10-21)39-23-7-5-6-8-23/h9-16,18-19,23,32H,3-8,17,20H2,1-2H3. The van der Waals surface area contributed by atoms with Crippen LogP contribution in [0.5, 0.6) is 28.7 Å². The molecule has 1 atom stereocenters. The van der Waals surface area contributed by atoms with Crippen molar-refractivity contribution in [2.45, 2.75) is 57.7 Å². The fourth-order valence-electron chi connectivity index (χ4n) is 5.53. The van der Waals surface area contributed by atoms with E-state index in [-0.39, 0.29) is 12.9 Å². The van der Waals surface area contributed by atoms with Gasteiger partial charge in [-0.25, -0.2) is 4.79 Å². The second-order valence-electron chi connectivity index (χ2n) is 10.3. The van der Waals surface area contributed by atoms with Crippen molar-refractivity contribution in [2.75, 3.05) is 20.5 Å². The van der Waals surface area contributed by atoms with Gasteiger partial charge in [0.25, 0.3) is 0 Å². The van der Waals surface area contributed by atoms with E-state index in [1.807, 2.05) is 60.7 Å². The number of ether oxygens (including phenoxy) is 6. The van der Waals surface area contributed by atoms with E-state index in [1.54, 1.807) is 0 Å². The van der Waals surface area contributed by atoms with Gasteiger partial charge < -0.3 is 28.4 Å². The van der Waals surface area contributed by atoms with Crippen LogP contribution in [0.2, 0.25) is 0 Å². The van der Waals surface area contributed by atoms with Gasteiger partial charge in [0, 0.05) is 11.1 Å². The zero-order chi connectivity index (χ0) is 27.5. The molecule has 1 saturated carbocycles. The molecule has 7 heteroatoms. The Hall–Kier alpha value is -4.13. The smallest absolute Gasteiger partial charge is 0.338 e. The zero-order valence-electron chi connectivity index (χ0n) is 22.9. The van der Waals surface area contributed by atoms with Gasteiger partial charge >= 0.3 is 5.97 Å². The summed E-state index contributed by atoms with van der Waals surface area (Å²) in [6, 6.07) is 19.3. The Labute approximate surface area is 234 Å². The van der Waals surface area contributed by atoms with Crippen LogP contribution in [0.1, 0.15) is 68.2 Å². The summed E-state index contributed by atoms with van der Waals surface area (Å²) in [7, 11) is 1.39. The second kappa shape index (κ2) is 11.5. The number of carbonyl (C=O) groups excluding carboxylic acids is 1. The molecule has 2 heterocycles. The van der Waals surface area contributed by atoms with Crippen LogP contribution < -0.4 is 23.7 Å². The molecule has 3 aliphatic rings. The van der Waals surface area contributed by atoms with E-state index in [0.29, 0.717) is 40.8 Å². The lowest BCUT2D eigenvalue weighted by molar-refractivity contribution is -0.137. The number of unbranched alkanes of at least 4 members (excludes halogenated alkanes) is 1. The monoisotopic (exact) mass is 542 g/mol. The fraction of sp³-hybridized carbons (Fsp3) is 0.364. The summed E-state index contributed by atoms with van der Waals surface area (Å²) in [5.74, 6) is 3.02. The summed E-state index contributed by atoms with van der Waals surface area (Å²) in [5.41, 5.74) is 3.50. The number of hydrogen-bond acceptors (Lipinski definition) is 7. The number of methoxy groups -OCH3 is 1. The minimum Gasteiger partial charge on any atom is -0.494 e. The highest BCUT2D eigenvalue weighted by atomic mass is 16.7. The molecule has 2 aliphatic heterocycles. The third kappa shape index (κ3) is 5.20. The van der Waals surface area contributed by atoms with Gasteiger partial charge in [-0.1, -0.05) is 31.5 Å². The lowest BCUT2D eigenvalue weighted by Gasteiger charge is -2.31. The average Bonchev–Trinajstić information content (AvgIpc) is 3.68. The van der Waals surface area contributed by atoms with Gasteiger partial charge in [-0.15, -0.1) is 0 Å². The quantitative estimate of drug-likeness (QED) is 0.212. The number of fused-ring (bicyclic) bond motifs is 2. The molecule has 3 aromatic carbocycles. The van der Waals surface area contributed by atoms with E-state index in [4.69, 9.17) is 28.4 Å². The van der Waals surface area contributed by atoms with Crippen molar-refractivity contribution in [3.05, 3.63) is 82.9 Å². The molecule has 6 rings (SSSR count). The Morgan fingerprint density at radius 3 is 2.42 bits per heavy atom. The largest absolute Gasteiger partial charge is 0.494 e. The molecule has 0 spiro atoms. The van der Waals surface area contributed by atoms with Gasteiger partial charge in [-0.2, -0.15) is 0 Å². The molecule has 0 amide bonds. The number of carbonyl (C=O) groups is 1. The Balaban J connectivity index is 1.45. The molecule has 208 valence electrons. The Morgan fingerprint density at radius 1 is 0.900 bits per heavy atom. The third-order valence-corrected chi connectivity index (χ3v) is 7.62. The Bertz CT molecular complexity index is 1400. The zero-order valence-corrected chi connectivity index (χ0v) is 22.9. The predicted molar refractivity (Wildman–Crippen MR) is 150 cm³/mol. The highest BCUT2D eigenvalue weighted by molar-refractivity contribution is 6.05. The first-order valence-electron chi connectivity index (χ1n) is 14.1. The van der Waals surface area contributed by atoms with Gasteiger partial charge in [0.1, 0.15) is 17.2 Å². The number of rotatable bonds is 9. The summed E-state index contributed by atoms with van der Waals surface area (Å²) >= 11 is 0. The van der Waals surface area contributed by atoms with Crippen LogP contribution in [0.3, 0.4) is 0 Å². The van der Waals surface area contributed by atoms with Crippen molar-refractivity contribution < 1.29 is 33.2 Å². The molecule has 7 nitrogen and oxygen atoms in total.